The fourth-order valence-corrected chi connectivity index (χ4v) is 6.46. The number of rotatable bonds is 44. The van der Waals surface area contributed by atoms with Crippen molar-refractivity contribution in [2.75, 3.05) is 13.2 Å². The molecule has 0 fully saturated rings. The highest BCUT2D eigenvalue weighted by molar-refractivity contribution is 5.71. The van der Waals surface area contributed by atoms with Gasteiger partial charge in [0.05, 0.1) is 0 Å². The van der Waals surface area contributed by atoms with Gasteiger partial charge in [0.2, 0.25) is 0 Å². The Labute approximate surface area is 387 Å². The van der Waals surface area contributed by atoms with Gasteiger partial charge in [-0.05, 0) is 116 Å². The zero-order valence-corrected chi connectivity index (χ0v) is 40.5. The normalized spacial score (nSPS) is 13.0. The van der Waals surface area contributed by atoms with Crippen molar-refractivity contribution in [3.8, 4) is 0 Å². The van der Waals surface area contributed by atoms with Crippen molar-refractivity contribution in [2.45, 2.75) is 219 Å². The van der Waals surface area contributed by atoms with Gasteiger partial charge in [-0.3, -0.25) is 14.4 Å². The molecule has 63 heavy (non-hydrogen) atoms. The largest absolute Gasteiger partial charge is 0.462 e. The second-order valence-corrected chi connectivity index (χ2v) is 16.3. The summed E-state index contributed by atoms with van der Waals surface area (Å²) in [5, 5.41) is 0. The molecule has 0 rings (SSSR count). The minimum absolute atomic E-state index is 0.103. The molecule has 0 spiro atoms. The fourth-order valence-electron chi connectivity index (χ4n) is 6.46. The van der Waals surface area contributed by atoms with Crippen molar-refractivity contribution in [1.82, 2.24) is 0 Å². The van der Waals surface area contributed by atoms with Crippen LogP contribution in [0.4, 0.5) is 0 Å². The zero-order valence-electron chi connectivity index (χ0n) is 40.5. The molecular formula is C57H92O6. The molecule has 1 atom stereocenters. The van der Waals surface area contributed by atoms with Crippen molar-refractivity contribution in [2.24, 2.45) is 0 Å². The van der Waals surface area contributed by atoms with Crippen molar-refractivity contribution >= 4 is 17.9 Å². The van der Waals surface area contributed by atoms with Gasteiger partial charge in [-0.15, -0.1) is 0 Å². The van der Waals surface area contributed by atoms with Gasteiger partial charge >= 0.3 is 17.9 Å². The lowest BCUT2D eigenvalue weighted by molar-refractivity contribution is -0.167. The third-order valence-corrected chi connectivity index (χ3v) is 10.2. The van der Waals surface area contributed by atoms with Gasteiger partial charge in [0, 0.05) is 19.3 Å². The molecule has 0 aliphatic heterocycles. The second kappa shape index (κ2) is 50.7. The molecule has 0 aromatic carbocycles. The molecule has 0 heterocycles. The van der Waals surface area contributed by atoms with E-state index >= 15 is 0 Å². The number of allylic oxidation sites excluding steroid dienone is 18. The van der Waals surface area contributed by atoms with E-state index in [1.165, 1.54) is 25.7 Å². The monoisotopic (exact) mass is 873 g/mol. The van der Waals surface area contributed by atoms with E-state index in [1.54, 1.807) is 0 Å². The predicted molar refractivity (Wildman–Crippen MR) is 270 cm³/mol. The molecule has 0 saturated heterocycles. The lowest BCUT2D eigenvalue weighted by Crippen LogP contribution is -2.30. The number of esters is 3. The highest BCUT2D eigenvalue weighted by Gasteiger charge is 2.19. The van der Waals surface area contributed by atoms with Crippen molar-refractivity contribution in [3.63, 3.8) is 0 Å². The number of ether oxygens (including phenoxy) is 3. The fraction of sp³-hybridized carbons (Fsp3) is 0.632. The number of hydrogen-bond donors (Lipinski definition) is 0. The Hall–Kier alpha value is -3.93. The lowest BCUT2D eigenvalue weighted by atomic mass is 10.1. The van der Waals surface area contributed by atoms with Crippen LogP contribution < -0.4 is 0 Å². The number of hydrogen-bond acceptors (Lipinski definition) is 6. The topological polar surface area (TPSA) is 78.9 Å². The third-order valence-electron chi connectivity index (χ3n) is 10.2. The summed E-state index contributed by atoms with van der Waals surface area (Å²) in [4.78, 5) is 37.9. The molecule has 0 radical (unpaired) electrons. The SMILES string of the molecule is CC/C=C\C/C=C\C/C=C\C/C=C\CCCCCCC(=O)OCC(COC(=O)CCCCCCC/C=C\CCCC)OC(=O)CCCCCC/C=C\C/C=C\C/C=C\C/C=C\CC. The van der Waals surface area contributed by atoms with Crippen LogP contribution in [0.15, 0.2) is 109 Å². The molecule has 0 saturated carbocycles. The van der Waals surface area contributed by atoms with E-state index in [4.69, 9.17) is 14.2 Å². The smallest absolute Gasteiger partial charge is 0.306 e. The first-order valence-corrected chi connectivity index (χ1v) is 25.4. The summed E-state index contributed by atoms with van der Waals surface area (Å²) in [5.74, 6) is -0.967. The van der Waals surface area contributed by atoms with Gasteiger partial charge in [0.1, 0.15) is 13.2 Å². The van der Waals surface area contributed by atoms with Crippen molar-refractivity contribution in [1.29, 1.82) is 0 Å². The van der Waals surface area contributed by atoms with Crippen LogP contribution in [0.1, 0.15) is 213 Å². The maximum absolute atomic E-state index is 12.8. The molecule has 0 bridgehead atoms. The summed E-state index contributed by atoms with van der Waals surface area (Å²) in [7, 11) is 0. The Morgan fingerprint density at radius 1 is 0.333 bits per heavy atom. The Morgan fingerprint density at radius 3 is 0.984 bits per heavy atom. The number of carbonyl (C=O) groups is 3. The Bertz CT molecular complexity index is 1330. The van der Waals surface area contributed by atoms with Gasteiger partial charge in [0.25, 0.3) is 0 Å². The molecule has 0 aromatic rings. The highest BCUT2D eigenvalue weighted by Crippen LogP contribution is 2.12. The summed E-state index contributed by atoms with van der Waals surface area (Å²) in [6.07, 6.45) is 67.8. The van der Waals surface area contributed by atoms with E-state index in [1.807, 2.05) is 0 Å². The molecule has 0 N–H and O–H groups in total. The van der Waals surface area contributed by atoms with E-state index in [9.17, 15) is 14.4 Å². The van der Waals surface area contributed by atoms with Crippen molar-refractivity contribution in [3.05, 3.63) is 109 Å². The maximum Gasteiger partial charge on any atom is 0.306 e. The molecule has 1 unspecified atom stereocenters. The van der Waals surface area contributed by atoms with Crippen LogP contribution in [-0.2, 0) is 28.6 Å². The van der Waals surface area contributed by atoms with Gasteiger partial charge in [-0.1, -0.05) is 188 Å². The molecule has 0 aliphatic rings. The first kappa shape index (κ1) is 59.1. The molecule has 6 nitrogen and oxygen atoms in total. The lowest BCUT2D eigenvalue weighted by Gasteiger charge is -2.18. The third kappa shape index (κ3) is 49.0. The summed E-state index contributed by atoms with van der Waals surface area (Å²) in [6, 6.07) is 0. The van der Waals surface area contributed by atoms with Crippen LogP contribution in [0.3, 0.4) is 0 Å². The summed E-state index contributed by atoms with van der Waals surface area (Å²) in [6.45, 7) is 6.30. The average Bonchev–Trinajstić information content (AvgIpc) is 3.28. The minimum Gasteiger partial charge on any atom is -0.462 e. The quantitative estimate of drug-likeness (QED) is 0.0263. The van der Waals surface area contributed by atoms with Gasteiger partial charge < -0.3 is 14.2 Å². The van der Waals surface area contributed by atoms with E-state index in [0.29, 0.717) is 12.8 Å². The molecule has 356 valence electrons. The molecule has 0 amide bonds. The summed E-state index contributed by atoms with van der Waals surface area (Å²) < 4.78 is 16.7. The van der Waals surface area contributed by atoms with Crippen LogP contribution in [0.5, 0.6) is 0 Å². The van der Waals surface area contributed by atoms with Crippen LogP contribution >= 0.6 is 0 Å². The molecule has 6 heteroatoms. The Balaban J connectivity index is 4.49. The van der Waals surface area contributed by atoms with E-state index in [-0.39, 0.29) is 37.5 Å². The second-order valence-electron chi connectivity index (χ2n) is 16.3. The minimum atomic E-state index is -0.806. The average molecular weight is 873 g/mol. The Kier molecular flexibility index (Phi) is 47.5. The van der Waals surface area contributed by atoms with Crippen LogP contribution in [0, 0.1) is 0 Å². The van der Waals surface area contributed by atoms with E-state index in [0.717, 1.165) is 148 Å². The molecular weight excluding hydrogens is 781 g/mol. The van der Waals surface area contributed by atoms with E-state index < -0.39 is 6.10 Å². The summed E-state index contributed by atoms with van der Waals surface area (Å²) >= 11 is 0. The van der Waals surface area contributed by atoms with Crippen LogP contribution in [-0.4, -0.2) is 37.2 Å². The predicted octanol–water partition coefficient (Wildman–Crippen LogP) is 16.8. The van der Waals surface area contributed by atoms with Crippen LogP contribution in [0.2, 0.25) is 0 Å². The highest BCUT2D eigenvalue weighted by atomic mass is 16.6. The maximum atomic E-state index is 12.8. The Morgan fingerprint density at radius 2 is 0.619 bits per heavy atom. The molecule has 0 aliphatic carbocycles. The van der Waals surface area contributed by atoms with Gasteiger partial charge in [-0.2, -0.15) is 0 Å². The first-order valence-electron chi connectivity index (χ1n) is 25.4. The molecule has 0 aromatic heterocycles. The van der Waals surface area contributed by atoms with E-state index in [2.05, 4.69) is 130 Å². The van der Waals surface area contributed by atoms with Gasteiger partial charge in [0.15, 0.2) is 6.10 Å². The first-order chi connectivity index (χ1) is 31.0. The van der Waals surface area contributed by atoms with Crippen molar-refractivity contribution < 1.29 is 28.6 Å². The number of carbonyl (C=O) groups excluding carboxylic acids is 3. The summed E-state index contributed by atoms with van der Waals surface area (Å²) in [5.41, 5.74) is 0. The zero-order chi connectivity index (χ0) is 45.8. The standard InChI is InChI=1S/C57H92O6/c1-4-7-10-13-16-19-22-24-26-28-30-32-35-38-41-44-47-50-56(59)62-53-54(52-61-55(58)49-46-43-40-37-34-21-18-15-12-9-6-3)63-57(60)51-48-45-42-39-36-33-31-29-27-25-23-20-17-14-11-8-5-2/h7-8,10-11,15-20,24-27,30-33,54H,4-6,9,12-14,21-23,28-29,34-53H2,1-3H3/b10-7-,11-8-,18-15-,19-16-,20-17-,26-24-,27-25-,32-30-,33-31-. The van der Waals surface area contributed by atoms with Gasteiger partial charge in [-0.25, -0.2) is 0 Å². The number of unbranched alkanes of at least 4 members (excludes halogenated alkanes) is 15. The van der Waals surface area contributed by atoms with Crippen LogP contribution in [0.25, 0.3) is 0 Å².